The molecule has 16 nitrogen and oxygen atoms in total. The number of rotatable bonds is 10. The predicted octanol–water partition coefficient (Wildman–Crippen LogP) is 0.348. The first-order chi connectivity index (χ1) is 15.4. The number of halogens is 1. The highest BCUT2D eigenvalue weighted by Gasteiger charge is 2.56. The summed E-state index contributed by atoms with van der Waals surface area (Å²) >= 11 is 0. The van der Waals surface area contributed by atoms with Gasteiger partial charge in [-0.1, -0.05) is 26.0 Å². The van der Waals surface area contributed by atoms with E-state index in [2.05, 4.69) is 18.1 Å². The van der Waals surface area contributed by atoms with Gasteiger partial charge in [-0.2, -0.15) is 13.6 Å². The molecule has 1 aliphatic rings. The molecule has 2 heterocycles. The van der Waals surface area contributed by atoms with E-state index in [-0.39, 0.29) is 11.7 Å². The van der Waals surface area contributed by atoms with E-state index in [1.54, 1.807) is 13.8 Å². The molecule has 194 valence electrons. The van der Waals surface area contributed by atoms with Gasteiger partial charge in [0.15, 0.2) is 12.4 Å². The van der Waals surface area contributed by atoms with E-state index in [9.17, 15) is 33.4 Å². The minimum atomic E-state index is -5.81. The SMILES string of the molecule is CC(C)C=CC1(COP(=O)(O)OP(=O)(O)OP(=O)(O)O)OC(n2ccc(N)nc2=O)C(F)C1O. The summed E-state index contributed by atoms with van der Waals surface area (Å²) in [5, 5.41) is 10.5. The summed E-state index contributed by atoms with van der Waals surface area (Å²) in [4.78, 5) is 51.6. The number of alkyl halides is 1. The lowest BCUT2D eigenvalue weighted by molar-refractivity contribution is -0.0968. The van der Waals surface area contributed by atoms with E-state index in [4.69, 9.17) is 20.3 Å². The number of phosphoric ester groups is 1. The molecule has 1 aliphatic heterocycles. The zero-order chi connectivity index (χ0) is 26.1. The largest absolute Gasteiger partial charge is 0.490 e. The number of aliphatic hydroxyl groups is 1. The van der Waals surface area contributed by atoms with Gasteiger partial charge in [0, 0.05) is 6.20 Å². The van der Waals surface area contributed by atoms with Crippen LogP contribution in [-0.2, 0) is 31.6 Å². The fourth-order valence-corrected chi connectivity index (χ4v) is 5.82. The van der Waals surface area contributed by atoms with Crippen LogP contribution >= 0.6 is 23.5 Å². The summed E-state index contributed by atoms with van der Waals surface area (Å²) < 4.78 is 67.3. The first kappa shape index (κ1) is 28.9. The Hall–Kier alpha value is -1.32. The quantitative estimate of drug-likeness (QED) is 0.169. The lowest BCUT2D eigenvalue weighted by atomic mass is 9.94. The molecular formula is C14H23FN3O13P3. The molecule has 2 rings (SSSR count). The number of nitrogens with zero attached hydrogens (tertiary/aromatic N) is 2. The number of aromatic nitrogens is 2. The van der Waals surface area contributed by atoms with Crippen molar-refractivity contribution in [2.45, 2.75) is 38.0 Å². The van der Waals surface area contributed by atoms with Gasteiger partial charge in [-0.3, -0.25) is 9.09 Å². The molecule has 0 saturated carbocycles. The molecule has 1 aromatic rings. The van der Waals surface area contributed by atoms with Gasteiger partial charge in [0.2, 0.25) is 0 Å². The molecule has 0 bridgehead atoms. The van der Waals surface area contributed by atoms with Crippen LogP contribution in [0.2, 0.25) is 0 Å². The third-order valence-corrected chi connectivity index (χ3v) is 7.96. The first-order valence-corrected chi connectivity index (χ1v) is 13.7. The molecule has 20 heteroatoms. The van der Waals surface area contributed by atoms with E-state index < -0.39 is 59.9 Å². The van der Waals surface area contributed by atoms with Crippen LogP contribution in [0.3, 0.4) is 0 Å². The molecule has 0 aliphatic carbocycles. The molecule has 0 radical (unpaired) electrons. The molecule has 1 fully saturated rings. The van der Waals surface area contributed by atoms with Crippen molar-refractivity contribution < 1.29 is 60.6 Å². The molecule has 6 unspecified atom stereocenters. The number of ether oxygens (including phenoxy) is 1. The van der Waals surface area contributed by atoms with Crippen molar-refractivity contribution in [2.75, 3.05) is 12.3 Å². The molecule has 0 amide bonds. The summed E-state index contributed by atoms with van der Waals surface area (Å²) in [6, 6.07) is 1.15. The fourth-order valence-electron chi connectivity index (χ4n) is 2.76. The van der Waals surface area contributed by atoms with Crippen molar-refractivity contribution in [3.8, 4) is 0 Å². The number of nitrogens with two attached hydrogens (primary N) is 1. The van der Waals surface area contributed by atoms with E-state index >= 15 is 4.39 Å². The third kappa shape index (κ3) is 7.59. The summed E-state index contributed by atoms with van der Waals surface area (Å²) in [6.45, 7) is 2.19. The van der Waals surface area contributed by atoms with Gasteiger partial charge in [0.1, 0.15) is 17.5 Å². The highest BCUT2D eigenvalue weighted by atomic mass is 31.3. The molecule has 0 aromatic carbocycles. The van der Waals surface area contributed by atoms with Gasteiger partial charge in [-0.05, 0) is 12.0 Å². The number of hydrogen-bond acceptors (Lipinski definition) is 11. The topological polar surface area (TPSA) is 250 Å². The van der Waals surface area contributed by atoms with Crippen LogP contribution in [-0.4, -0.2) is 58.7 Å². The van der Waals surface area contributed by atoms with Crippen LogP contribution in [0.5, 0.6) is 0 Å². The molecule has 34 heavy (non-hydrogen) atoms. The third-order valence-electron chi connectivity index (χ3n) is 4.17. The van der Waals surface area contributed by atoms with E-state index in [1.165, 1.54) is 6.08 Å². The smallest absolute Gasteiger partial charge is 0.386 e. The van der Waals surface area contributed by atoms with Crippen molar-refractivity contribution in [3.63, 3.8) is 0 Å². The Morgan fingerprint density at radius 1 is 1.26 bits per heavy atom. The molecule has 7 N–H and O–H groups in total. The first-order valence-electron chi connectivity index (χ1n) is 9.19. The van der Waals surface area contributed by atoms with Crippen molar-refractivity contribution in [1.29, 1.82) is 0 Å². The number of phosphoric acid groups is 3. The number of anilines is 1. The van der Waals surface area contributed by atoms with E-state index in [1.807, 2.05) is 0 Å². The normalized spacial score (nSPS) is 29.4. The predicted molar refractivity (Wildman–Crippen MR) is 110 cm³/mol. The average molecular weight is 553 g/mol. The standard InChI is InChI=1S/C14H23FN3O13P3/c1-8(2)3-5-14(7-28-33(24,25)31-34(26,27)30-32(21,22)23)11(19)10(15)12(29-14)18-6-4-9(16)17-13(18)20/h3-6,8,10-12,19H,7H2,1-2H3,(H,24,25)(H,26,27)(H2,16,17,20)(H2,21,22,23). The highest BCUT2D eigenvalue weighted by molar-refractivity contribution is 7.66. The zero-order valence-corrected chi connectivity index (χ0v) is 20.2. The fraction of sp³-hybridized carbons (Fsp3) is 0.571. The maximum Gasteiger partial charge on any atom is 0.490 e. The minimum Gasteiger partial charge on any atom is -0.386 e. The second-order valence-corrected chi connectivity index (χ2v) is 11.8. The molecular weight excluding hydrogens is 530 g/mol. The van der Waals surface area contributed by atoms with Crippen molar-refractivity contribution in [2.24, 2.45) is 5.92 Å². The Labute approximate surface area is 191 Å². The van der Waals surface area contributed by atoms with Crippen LogP contribution in [0, 0.1) is 5.92 Å². The Morgan fingerprint density at radius 3 is 2.41 bits per heavy atom. The molecule has 1 aromatic heterocycles. The Kier molecular flexibility index (Phi) is 8.80. The number of nitrogen functional groups attached to an aromatic ring is 1. The lowest BCUT2D eigenvalue weighted by Gasteiger charge is -2.29. The summed E-state index contributed by atoms with van der Waals surface area (Å²) in [5.74, 6) is -0.383. The number of hydrogen-bond donors (Lipinski definition) is 6. The molecule has 0 spiro atoms. The van der Waals surface area contributed by atoms with Crippen LogP contribution in [0.25, 0.3) is 0 Å². The average Bonchev–Trinajstić information content (AvgIpc) is 2.88. The monoisotopic (exact) mass is 553 g/mol. The van der Waals surface area contributed by atoms with Crippen molar-refractivity contribution >= 4 is 29.3 Å². The molecule has 6 atom stereocenters. The van der Waals surface area contributed by atoms with E-state index in [0.29, 0.717) is 4.57 Å². The zero-order valence-electron chi connectivity index (χ0n) is 17.5. The van der Waals surface area contributed by atoms with Gasteiger partial charge in [-0.25, -0.2) is 22.9 Å². The second-order valence-electron chi connectivity index (χ2n) is 7.36. The van der Waals surface area contributed by atoms with Gasteiger partial charge in [0.05, 0.1) is 6.61 Å². The number of allylic oxidation sites excluding steroid dienone is 1. The lowest BCUT2D eigenvalue weighted by Crippen LogP contribution is -2.44. The van der Waals surface area contributed by atoms with Crippen LogP contribution in [0.15, 0.2) is 29.2 Å². The van der Waals surface area contributed by atoms with Gasteiger partial charge in [-0.15, -0.1) is 0 Å². The maximum absolute atomic E-state index is 15.0. The highest BCUT2D eigenvalue weighted by Crippen LogP contribution is 2.66. The van der Waals surface area contributed by atoms with E-state index in [0.717, 1.165) is 18.3 Å². The van der Waals surface area contributed by atoms with Crippen molar-refractivity contribution in [1.82, 2.24) is 9.55 Å². The Balaban J connectivity index is 2.34. The summed E-state index contributed by atoms with van der Waals surface area (Å²) in [6.07, 6.45) is -2.66. The summed E-state index contributed by atoms with van der Waals surface area (Å²) in [7, 11) is -17.0. The van der Waals surface area contributed by atoms with Crippen LogP contribution in [0.4, 0.5) is 10.2 Å². The minimum absolute atomic E-state index is 0.172. The van der Waals surface area contributed by atoms with Gasteiger partial charge >= 0.3 is 29.2 Å². The van der Waals surface area contributed by atoms with Gasteiger partial charge in [0.25, 0.3) is 0 Å². The van der Waals surface area contributed by atoms with Crippen LogP contribution in [0.1, 0.15) is 20.1 Å². The van der Waals surface area contributed by atoms with Gasteiger partial charge < -0.3 is 35.2 Å². The Morgan fingerprint density at radius 2 is 1.88 bits per heavy atom. The number of aliphatic hydroxyl groups excluding tert-OH is 1. The summed E-state index contributed by atoms with van der Waals surface area (Å²) in [5.41, 5.74) is 2.13. The molecule has 1 saturated heterocycles. The maximum atomic E-state index is 15.0. The Bertz CT molecular complexity index is 1120. The van der Waals surface area contributed by atoms with Crippen LogP contribution < -0.4 is 11.4 Å². The van der Waals surface area contributed by atoms with Crippen molar-refractivity contribution in [3.05, 3.63) is 34.9 Å². The second kappa shape index (κ2) is 10.3.